The maximum Gasteiger partial charge on any atom is 0.347 e. The Morgan fingerprint density at radius 1 is 0.946 bits per heavy atom. The molecule has 4 amide bonds. The van der Waals surface area contributed by atoms with Crippen LogP contribution in [0.1, 0.15) is 19.4 Å². The van der Waals surface area contributed by atoms with Gasteiger partial charge in [0.15, 0.2) is 6.17 Å². The number of hydroxylamine groups is 2. The molecule has 2 N–H and O–H groups in total. The number of urea groups is 2. The predicted molar refractivity (Wildman–Crippen MR) is 148 cm³/mol. The van der Waals surface area contributed by atoms with Crippen LogP contribution in [0.4, 0.5) is 21.0 Å². The quantitative estimate of drug-likeness (QED) is 0.230. The number of nitrogens with one attached hydrogen (secondary N) is 1. The van der Waals surface area contributed by atoms with Gasteiger partial charge in [-0.05, 0) is 62.2 Å². The third kappa shape index (κ3) is 5.61. The Hall–Kier alpha value is -2.68. The molecule has 3 aromatic rings. The van der Waals surface area contributed by atoms with Crippen LogP contribution in [0.2, 0.25) is 20.1 Å². The Balaban J connectivity index is 1.68. The summed E-state index contributed by atoms with van der Waals surface area (Å²) in [6.07, 6.45) is -0.533. The minimum absolute atomic E-state index is 0.232. The van der Waals surface area contributed by atoms with Gasteiger partial charge in [-0.2, -0.15) is 5.06 Å². The summed E-state index contributed by atoms with van der Waals surface area (Å²) in [5, 5.41) is 15.4. The Labute approximate surface area is 235 Å². The fraction of sp³-hybridized carbons (Fsp3) is 0.231. The van der Waals surface area contributed by atoms with E-state index in [1.54, 1.807) is 36.9 Å². The molecule has 0 radical (unpaired) electrons. The van der Waals surface area contributed by atoms with Gasteiger partial charge in [0.25, 0.3) is 0 Å². The zero-order chi connectivity index (χ0) is 26.9. The molecule has 194 valence electrons. The van der Waals surface area contributed by atoms with Crippen molar-refractivity contribution in [2.45, 2.75) is 32.0 Å². The standard InChI is InChI=1S/C26H24Cl4N4O3/c1-26(2)23(34(37)24(35)31-17-8-10-19(27)21(29)14-17)33(18-9-11-20(28)22(30)15-18)25(36)32(26)13-12-16-6-4-3-5-7-16/h3-11,14-15,23,37H,12-13H2,1-2H3,(H,31,35). The number of amides is 4. The number of benzene rings is 3. The molecule has 0 aromatic heterocycles. The third-order valence-corrected chi connectivity index (χ3v) is 7.75. The van der Waals surface area contributed by atoms with E-state index in [9.17, 15) is 14.8 Å². The van der Waals surface area contributed by atoms with Gasteiger partial charge in [0.2, 0.25) is 0 Å². The smallest absolute Gasteiger partial charge is 0.315 e. The van der Waals surface area contributed by atoms with Crippen molar-refractivity contribution >= 4 is 69.8 Å². The molecule has 1 fully saturated rings. The molecule has 3 aromatic carbocycles. The Morgan fingerprint density at radius 3 is 2.19 bits per heavy atom. The molecule has 1 unspecified atom stereocenters. The monoisotopic (exact) mass is 580 g/mol. The number of hydrogen-bond acceptors (Lipinski definition) is 3. The maximum absolute atomic E-state index is 13.8. The van der Waals surface area contributed by atoms with E-state index in [1.165, 1.54) is 23.1 Å². The van der Waals surface area contributed by atoms with Gasteiger partial charge >= 0.3 is 12.1 Å². The molecule has 0 saturated carbocycles. The Morgan fingerprint density at radius 2 is 1.57 bits per heavy atom. The molecule has 4 rings (SSSR count). The maximum atomic E-state index is 13.8. The number of anilines is 2. The van der Waals surface area contributed by atoms with E-state index in [-0.39, 0.29) is 10.0 Å². The highest BCUT2D eigenvalue weighted by Crippen LogP contribution is 2.40. The van der Waals surface area contributed by atoms with Gasteiger partial charge in [0, 0.05) is 17.9 Å². The van der Waals surface area contributed by atoms with Crippen LogP contribution in [-0.4, -0.2) is 45.5 Å². The summed E-state index contributed by atoms with van der Waals surface area (Å²) in [4.78, 5) is 29.9. The highest BCUT2D eigenvalue weighted by molar-refractivity contribution is 6.42. The molecule has 1 atom stereocenters. The molecule has 1 aliphatic heterocycles. The molecule has 0 spiro atoms. The van der Waals surface area contributed by atoms with Crippen molar-refractivity contribution in [1.29, 1.82) is 0 Å². The van der Waals surface area contributed by atoms with E-state index in [2.05, 4.69) is 5.32 Å². The van der Waals surface area contributed by atoms with E-state index in [1.807, 2.05) is 30.3 Å². The van der Waals surface area contributed by atoms with Crippen LogP contribution in [0.25, 0.3) is 0 Å². The van der Waals surface area contributed by atoms with E-state index in [4.69, 9.17) is 46.4 Å². The van der Waals surface area contributed by atoms with Crippen LogP contribution in [0, 0.1) is 0 Å². The lowest BCUT2D eigenvalue weighted by atomic mass is 9.99. The van der Waals surface area contributed by atoms with Crippen molar-refractivity contribution in [2.75, 3.05) is 16.8 Å². The zero-order valence-corrected chi connectivity index (χ0v) is 23.0. The lowest BCUT2D eigenvalue weighted by molar-refractivity contribution is -0.0947. The van der Waals surface area contributed by atoms with Crippen LogP contribution >= 0.6 is 46.4 Å². The van der Waals surface area contributed by atoms with Gasteiger partial charge in [-0.15, -0.1) is 0 Å². The van der Waals surface area contributed by atoms with E-state index < -0.39 is 23.8 Å². The van der Waals surface area contributed by atoms with Gasteiger partial charge < -0.3 is 10.2 Å². The summed E-state index contributed by atoms with van der Waals surface area (Å²) in [5.41, 5.74) is 0.736. The first-order valence-corrected chi connectivity index (χ1v) is 12.9. The largest absolute Gasteiger partial charge is 0.347 e. The molecule has 1 aliphatic rings. The number of carbonyl (C=O) groups excluding carboxylic acids is 2. The molecule has 1 saturated heterocycles. The summed E-state index contributed by atoms with van der Waals surface area (Å²) in [6, 6.07) is 17.7. The van der Waals surface area contributed by atoms with Crippen LogP contribution < -0.4 is 10.2 Å². The highest BCUT2D eigenvalue weighted by Gasteiger charge is 2.55. The Kier molecular flexibility index (Phi) is 8.11. The van der Waals surface area contributed by atoms with E-state index >= 15 is 0 Å². The second kappa shape index (κ2) is 11.0. The van der Waals surface area contributed by atoms with Gasteiger partial charge in [0.05, 0.1) is 25.6 Å². The summed E-state index contributed by atoms with van der Waals surface area (Å²) in [5.74, 6) is 0. The number of carbonyl (C=O) groups is 2. The van der Waals surface area contributed by atoms with Crippen LogP contribution in [-0.2, 0) is 6.42 Å². The summed E-state index contributed by atoms with van der Waals surface area (Å²) < 4.78 is 0. The van der Waals surface area contributed by atoms with Crippen molar-refractivity contribution in [2.24, 2.45) is 0 Å². The minimum atomic E-state index is -1.12. The lowest BCUT2D eigenvalue weighted by Crippen LogP contribution is -2.58. The van der Waals surface area contributed by atoms with Crippen molar-refractivity contribution in [3.63, 3.8) is 0 Å². The van der Waals surface area contributed by atoms with Crippen molar-refractivity contribution in [3.8, 4) is 0 Å². The van der Waals surface area contributed by atoms with Crippen LogP contribution in [0.15, 0.2) is 66.7 Å². The molecule has 7 nitrogen and oxygen atoms in total. The van der Waals surface area contributed by atoms with Crippen LogP contribution in [0.3, 0.4) is 0 Å². The number of halogens is 4. The minimum Gasteiger partial charge on any atom is -0.315 e. The number of rotatable bonds is 6. The Bertz CT molecular complexity index is 1320. The second-order valence-electron chi connectivity index (χ2n) is 9.07. The molecule has 0 aliphatic carbocycles. The van der Waals surface area contributed by atoms with Gasteiger partial charge in [-0.25, -0.2) is 9.59 Å². The molecular weight excluding hydrogens is 558 g/mol. The van der Waals surface area contributed by atoms with E-state index in [0.717, 1.165) is 5.56 Å². The number of nitrogens with zero attached hydrogens (tertiary/aromatic N) is 3. The first-order valence-electron chi connectivity index (χ1n) is 11.3. The molecular formula is C26H24Cl4N4O3. The average molecular weight is 582 g/mol. The average Bonchev–Trinajstić information content (AvgIpc) is 3.06. The van der Waals surface area contributed by atoms with Gasteiger partial charge in [-0.3, -0.25) is 10.1 Å². The van der Waals surface area contributed by atoms with Crippen molar-refractivity contribution < 1.29 is 14.8 Å². The predicted octanol–water partition coefficient (Wildman–Crippen LogP) is 7.81. The van der Waals surface area contributed by atoms with E-state index in [0.29, 0.717) is 39.4 Å². The molecule has 1 heterocycles. The van der Waals surface area contributed by atoms with Gasteiger partial charge in [-0.1, -0.05) is 76.7 Å². The summed E-state index contributed by atoms with van der Waals surface area (Å²) >= 11 is 24.4. The molecule has 37 heavy (non-hydrogen) atoms. The summed E-state index contributed by atoms with van der Waals surface area (Å²) in [7, 11) is 0. The zero-order valence-electron chi connectivity index (χ0n) is 20.0. The first-order chi connectivity index (χ1) is 17.5. The fourth-order valence-electron chi connectivity index (χ4n) is 4.37. The van der Waals surface area contributed by atoms with Crippen molar-refractivity contribution in [3.05, 3.63) is 92.4 Å². The van der Waals surface area contributed by atoms with Crippen LogP contribution in [0.5, 0.6) is 0 Å². The first kappa shape index (κ1) is 27.4. The lowest BCUT2D eigenvalue weighted by Gasteiger charge is -2.38. The second-order valence-corrected chi connectivity index (χ2v) is 10.7. The molecule has 11 heteroatoms. The highest BCUT2D eigenvalue weighted by atomic mass is 35.5. The third-order valence-electron chi connectivity index (χ3n) is 6.27. The summed E-state index contributed by atoms with van der Waals surface area (Å²) in [6.45, 7) is 3.92. The number of hydrogen-bond donors (Lipinski definition) is 2. The fourth-order valence-corrected chi connectivity index (χ4v) is 4.96. The van der Waals surface area contributed by atoms with Crippen molar-refractivity contribution in [1.82, 2.24) is 9.96 Å². The molecule has 0 bridgehead atoms. The normalized spacial score (nSPS) is 16.7. The van der Waals surface area contributed by atoms with Gasteiger partial charge in [0.1, 0.15) is 0 Å². The SMILES string of the molecule is CC1(C)C(N(O)C(=O)Nc2ccc(Cl)c(Cl)c2)N(c2ccc(Cl)c(Cl)c2)C(=O)N1CCc1ccccc1. The topological polar surface area (TPSA) is 76.1 Å².